The van der Waals surface area contributed by atoms with Gasteiger partial charge in [0.2, 0.25) is 11.8 Å². The quantitative estimate of drug-likeness (QED) is 0.749. The maximum Gasteiger partial charge on any atom is 0.234 e. The Morgan fingerprint density at radius 3 is 2.93 bits per heavy atom. The van der Waals surface area contributed by atoms with E-state index in [0.29, 0.717) is 18.2 Å². The summed E-state index contributed by atoms with van der Waals surface area (Å²) in [5.41, 5.74) is 0. The summed E-state index contributed by atoms with van der Waals surface area (Å²) < 4.78 is 11.0. The van der Waals surface area contributed by atoms with Crippen LogP contribution in [0.4, 0.5) is 0 Å². The van der Waals surface area contributed by atoms with Gasteiger partial charge in [0.1, 0.15) is 5.38 Å². The van der Waals surface area contributed by atoms with Crippen molar-refractivity contribution >= 4 is 11.6 Å². The van der Waals surface area contributed by atoms with Crippen molar-refractivity contribution in [2.75, 3.05) is 6.61 Å². The summed E-state index contributed by atoms with van der Waals surface area (Å²) in [6, 6.07) is 0. The highest BCUT2D eigenvalue weighted by Crippen LogP contribution is 2.20. The van der Waals surface area contributed by atoms with E-state index < -0.39 is 0 Å². The number of hydrogen-bond donors (Lipinski definition) is 0. The molecule has 0 saturated carbocycles. The predicted molar refractivity (Wildman–Crippen MR) is 55.9 cm³/mol. The molecule has 1 fully saturated rings. The van der Waals surface area contributed by atoms with Crippen molar-refractivity contribution in [3.63, 3.8) is 0 Å². The van der Waals surface area contributed by atoms with Gasteiger partial charge in [-0.3, -0.25) is 0 Å². The molecule has 5 heteroatoms. The molecule has 0 N–H and O–H groups in total. The third-order valence-corrected chi connectivity index (χ3v) is 2.69. The average Bonchev–Trinajstić information content (AvgIpc) is 2.68. The number of ether oxygens (including phenoxy) is 1. The Kier molecular flexibility index (Phi) is 3.59. The van der Waals surface area contributed by atoms with Crippen LogP contribution in [0.3, 0.4) is 0 Å². The van der Waals surface area contributed by atoms with E-state index in [1.54, 1.807) is 0 Å². The van der Waals surface area contributed by atoms with Crippen molar-refractivity contribution in [3.05, 3.63) is 11.8 Å². The molecule has 0 aliphatic carbocycles. The molecule has 0 radical (unpaired) electrons. The minimum absolute atomic E-state index is 0.224. The van der Waals surface area contributed by atoms with E-state index in [1.807, 2.05) is 6.92 Å². The summed E-state index contributed by atoms with van der Waals surface area (Å²) in [5.74, 6) is 1.12. The lowest BCUT2D eigenvalue weighted by atomic mass is 10.1. The molecule has 84 valence electrons. The monoisotopic (exact) mass is 230 g/mol. The van der Waals surface area contributed by atoms with Crippen LogP contribution in [-0.2, 0) is 11.2 Å². The Labute approximate surface area is 94.0 Å². The van der Waals surface area contributed by atoms with Crippen LogP contribution in [0.1, 0.15) is 43.3 Å². The van der Waals surface area contributed by atoms with E-state index in [9.17, 15) is 0 Å². The highest BCUT2D eigenvalue weighted by molar-refractivity contribution is 6.20. The van der Waals surface area contributed by atoms with Crippen molar-refractivity contribution in [2.24, 2.45) is 0 Å². The number of halogens is 1. The van der Waals surface area contributed by atoms with Crippen molar-refractivity contribution in [1.82, 2.24) is 10.2 Å². The second-order valence-corrected chi connectivity index (χ2v) is 4.50. The Hall–Kier alpha value is -0.610. The first kappa shape index (κ1) is 10.9. The number of alkyl halides is 1. The van der Waals surface area contributed by atoms with Crippen LogP contribution in [0, 0.1) is 0 Å². The molecule has 0 aromatic carbocycles. The van der Waals surface area contributed by atoms with Gasteiger partial charge in [0.25, 0.3) is 0 Å². The summed E-state index contributed by atoms with van der Waals surface area (Å²) in [6.07, 6.45) is 4.39. The molecule has 2 unspecified atom stereocenters. The van der Waals surface area contributed by atoms with Crippen LogP contribution < -0.4 is 0 Å². The van der Waals surface area contributed by atoms with Crippen LogP contribution in [-0.4, -0.2) is 22.9 Å². The van der Waals surface area contributed by atoms with Crippen LogP contribution in [0.5, 0.6) is 0 Å². The Bertz CT molecular complexity index is 308. The number of hydrogen-bond acceptors (Lipinski definition) is 4. The van der Waals surface area contributed by atoms with Gasteiger partial charge in [-0.05, 0) is 26.2 Å². The Morgan fingerprint density at radius 2 is 2.33 bits per heavy atom. The molecule has 15 heavy (non-hydrogen) atoms. The highest BCUT2D eigenvalue weighted by atomic mass is 35.5. The first-order valence-corrected chi connectivity index (χ1v) is 5.77. The molecular weight excluding hydrogens is 216 g/mol. The standard InChI is InChI=1S/C10H15ClN2O2/c1-7(11)10-13-12-9(15-10)6-8-4-2-3-5-14-8/h7-8H,2-6H2,1H3. The third kappa shape index (κ3) is 2.92. The van der Waals surface area contributed by atoms with Gasteiger partial charge in [-0.1, -0.05) is 0 Å². The van der Waals surface area contributed by atoms with Crippen molar-refractivity contribution < 1.29 is 9.15 Å². The molecule has 1 saturated heterocycles. The maximum atomic E-state index is 5.83. The zero-order valence-corrected chi connectivity index (χ0v) is 9.54. The van der Waals surface area contributed by atoms with E-state index in [-0.39, 0.29) is 11.5 Å². The molecule has 0 amide bonds. The lowest BCUT2D eigenvalue weighted by Gasteiger charge is -2.20. The van der Waals surface area contributed by atoms with E-state index in [0.717, 1.165) is 19.4 Å². The normalized spacial score (nSPS) is 24.0. The van der Waals surface area contributed by atoms with Gasteiger partial charge in [0, 0.05) is 6.61 Å². The molecule has 4 nitrogen and oxygen atoms in total. The summed E-state index contributed by atoms with van der Waals surface area (Å²) in [6.45, 7) is 2.66. The molecular formula is C10H15ClN2O2. The summed E-state index contributed by atoms with van der Waals surface area (Å²) in [7, 11) is 0. The zero-order chi connectivity index (χ0) is 10.7. The first-order valence-electron chi connectivity index (χ1n) is 5.33. The second-order valence-electron chi connectivity index (χ2n) is 3.84. The summed E-state index contributed by atoms with van der Waals surface area (Å²) >= 11 is 5.83. The molecule has 1 aliphatic rings. The summed E-state index contributed by atoms with van der Waals surface area (Å²) in [4.78, 5) is 0. The molecule has 1 aliphatic heterocycles. The topological polar surface area (TPSA) is 48.2 Å². The minimum Gasteiger partial charge on any atom is -0.424 e. The van der Waals surface area contributed by atoms with Gasteiger partial charge in [-0.25, -0.2) is 0 Å². The average molecular weight is 231 g/mol. The third-order valence-electron chi connectivity index (χ3n) is 2.50. The number of rotatable bonds is 3. The van der Waals surface area contributed by atoms with Gasteiger partial charge < -0.3 is 9.15 Å². The number of nitrogens with zero attached hydrogens (tertiary/aromatic N) is 2. The van der Waals surface area contributed by atoms with E-state index in [2.05, 4.69) is 10.2 Å². The van der Waals surface area contributed by atoms with E-state index >= 15 is 0 Å². The van der Waals surface area contributed by atoms with Crippen molar-refractivity contribution in [1.29, 1.82) is 0 Å². The molecule has 1 aromatic heterocycles. The van der Waals surface area contributed by atoms with Crippen molar-refractivity contribution in [3.8, 4) is 0 Å². The fourth-order valence-electron chi connectivity index (χ4n) is 1.67. The molecule has 0 bridgehead atoms. The van der Waals surface area contributed by atoms with Gasteiger partial charge in [-0.15, -0.1) is 21.8 Å². The van der Waals surface area contributed by atoms with Crippen LogP contribution in [0.25, 0.3) is 0 Å². The zero-order valence-electron chi connectivity index (χ0n) is 8.78. The van der Waals surface area contributed by atoms with Crippen LogP contribution in [0.2, 0.25) is 0 Å². The lowest BCUT2D eigenvalue weighted by molar-refractivity contribution is 0.0130. The summed E-state index contributed by atoms with van der Waals surface area (Å²) in [5, 5.41) is 7.60. The van der Waals surface area contributed by atoms with Gasteiger partial charge in [0.05, 0.1) is 12.5 Å². The molecule has 2 atom stereocenters. The second kappa shape index (κ2) is 4.94. The highest BCUT2D eigenvalue weighted by Gasteiger charge is 2.18. The van der Waals surface area contributed by atoms with Gasteiger partial charge in [-0.2, -0.15) is 0 Å². The Morgan fingerprint density at radius 1 is 1.47 bits per heavy atom. The molecule has 2 heterocycles. The fourth-order valence-corrected chi connectivity index (χ4v) is 1.76. The SMILES string of the molecule is CC(Cl)c1nnc(CC2CCCCO2)o1. The molecule has 2 rings (SSSR count). The van der Waals surface area contributed by atoms with E-state index in [4.69, 9.17) is 20.8 Å². The van der Waals surface area contributed by atoms with Gasteiger partial charge >= 0.3 is 0 Å². The fraction of sp³-hybridized carbons (Fsp3) is 0.800. The molecule has 1 aromatic rings. The van der Waals surface area contributed by atoms with Gasteiger partial charge in [0.15, 0.2) is 0 Å². The lowest BCUT2D eigenvalue weighted by Crippen LogP contribution is -2.21. The predicted octanol–water partition coefficient (Wildman–Crippen LogP) is 2.48. The smallest absolute Gasteiger partial charge is 0.234 e. The first-order chi connectivity index (χ1) is 7.25. The van der Waals surface area contributed by atoms with Crippen LogP contribution in [0.15, 0.2) is 4.42 Å². The largest absolute Gasteiger partial charge is 0.424 e. The molecule has 0 spiro atoms. The van der Waals surface area contributed by atoms with Crippen LogP contribution >= 0.6 is 11.6 Å². The minimum atomic E-state index is -0.224. The van der Waals surface area contributed by atoms with E-state index in [1.165, 1.54) is 6.42 Å². The Balaban J connectivity index is 1.91. The maximum absolute atomic E-state index is 5.83. The van der Waals surface area contributed by atoms with Crippen molar-refractivity contribution in [2.45, 2.75) is 44.1 Å². The number of aromatic nitrogens is 2.